The molecule has 0 unspecified atom stereocenters. The third-order valence-electron chi connectivity index (χ3n) is 3.53. The third-order valence-corrected chi connectivity index (χ3v) is 3.53. The summed E-state index contributed by atoms with van der Waals surface area (Å²) in [5.41, 5.74) is 13.0. The van der Waals surface area contributed by atoms with E-state index in [0.717, 1.165) is 27.7 Å². The van der Waals surface area contributed by atoms with Gasteiger partial charge in [-0.25, -0.2) is 5.43 Å². The fourth-order valence-electron chi connectivity index (χ4n) is 2.65. The number of benzene rings is 1. The lowest BCUT2D eigenvalue weighted by Gasteiger charge is -2.02. The van der Waals surface area contributed by atoms with E-state index in [1.165, 1.54) is 0 Å². The van der Waals surface area contributed by atoms with Crippen LogP contribution in [0.25, 0.3) is 22.2 Å². The summed E-state index contributed by atoms with van der Waals surface area (Å²) in [6.45, 7) is 0. The number of H-pyrrole nitrogens is 1. The van der Waals surface area contributed by atoms with Crippen LogP contribution in [0, 0.1) is 0 Å². The summed E-state index contributed by atoms with van der Waals surface area (Å²) in [6.07, 6.45) is 5.10. The van der Waals surface area contributed by atoms with E-state index in [4.69, 9.17) is 5.73 Å². The number of carbonyl (C=O) groups excluding carboxylic acids is 1. The summed E-state index contributed by atoms with van der Waals surface area (Å²) < 4.78 is 0. The van der Waals surface area contributed by atoms with E-state index in [9.17, 15) is 4.79 Å². The number of hydrogen-bond donors (Lipinski definition) is 3. The summed E-state index contributed by atoms with van der Waals surface area (Å²) in [5, 5.41) is 4.81. The molecule has 22 heavy (non-hydrogen) atoms. The molecule has 2 aromatic heterocycles. The number of nitrogens with two attached hydrogens (primary N) is 1. The number of hydrogen-bond acceptors (Lipinski definition) is 4. The highest BCUT2D eigenvalue weighted by Gasteiger charge is 2.21. The monoisotopic (exact) mass is 313 g/mol. The lowest BCUT2D eigenvalue weighted by molar-refractivity contribution is 0.0957. The Labute approximate surface area is 131 Å². The van der Waals surface area contributed by atoms with Crippen LogP contribution in [0.3, 0.4) is 0 Å². The van der Waals surface area contributed by atoms with Gasteiger partial charge in [-0.3, -0.25) is 9.78 Å². The van der Waals surface area contributed by atoms with Crippen molar-refractivity contribution in [2.45, 2.75) is 0 Å². The van der Waals surface area contributed by atoms with Crippen molar-refractivity contribution in [3.8, 4) is 11.3 Å². The van der Waals surface area contributed by atoms with E-state index >= 15 is 0 Å². The number of carbonyl (C=O) groups is 1. The largest absolute Gasteiger partial charge is 0.399 e. The number of rotatable bonds is 1. The normalized spacial score (nSPS) is 12.6. The van der Waals surface area contributed by atoms with Crippen molar-refractivity contribution >= 4 is 41.1 Å². The minimum Gasteiger partial charge on any atom is -0.399 e. The third kappa shape index (κ3) is 2.01. The molecule has 4 rings (SSSR count). The van der Waals surface area contributed by atoms with Crippen molar-refractivity contribution < 1.29 is 4.79 Å². The van der Waals surface area contributed by atoms with Gasteiger partial charge in [0.05, 0.1) is 17.5 Å². The van der Waals surface area contributed by atoms with Crippen molar-refractivity contribution in [2.24, 2.45) is 5.10 Å². The van der Waals surface area contributed by atoms with Crippen molar-refractivity contribution in [3.63, 3.8) is 0 Å². The summed E-state index contributed by atoms with van der Waals surface area (Å²) >= 11 is 0. The number of anilines is 1. The maximum atomic E-state index is 12.1. The van der Waals surface area contributed by atoms with Gasteiger partial charge in [0, 0.05) is 40.1 Å². The Morgan fingerprint density at radius 1 is 1.14 bits per heavy atom. The zero-order valence-electron chi connectivity index (χ0n) is 11.3. The van der Waals surface area contributed by atoms with Crippen LogP contribution in [0.5, 0.6) is 0 Å². The Hall–Kier alpha value is -2.86. The smallest absolute Gasteiger partial charge is 0.272 e. The molecule has 0 saturated carbocycles. The van der Waals surface area contributed by atoms with Gasteiger partial charge in [0.15, 0.2) is 0 Å². The van der Waals surface area contributed by atoms with Gasteiger partial charge in [-0.15, -0.1) is 12.4 Å². The number of pyridine rings is 1. The van der Waals surface area contributed by atoms with Gasteiger partial charge in [-0.05, 0) is 24.3 Å². The average Bonchev–Trinajstić information content (AvgIpc) is 2.76. The minimum atomic E-state index is -0.262. The van der Waals surface area contributed by atoms with Crippen LogP contribution in [0.2, 0.25) is 0 Å². The zero-order valence-corrected chi connectivity index (χ0v) is 12.1. The number of aromatic nitrogens is 2. The summed E-state index contributed by atoms with van der Waals surface area (Å²) in [7, 11) is 0. The van der Waals surface area contributed by atoms with Crippen molar-refractivity contribution in [2.75, 3.05) is 5.73 Å². The Morgan fingerprint density at radius 2 is 1.91 bits per heavy atom. The van der Waals surface area contributed by atoms with E-state index in [-0.39, 0.29) is 18.3 Å². The second-order valence-corrected chi connectivity index (χ2v) is 4.84. The molecule has 1 aliphatic rings. The lowest BCUT2D eigenvalue weighted by Crippen LogP contribution is -2.16. The van der Waals surface area contributed by atoms with Gasteiger partial charge in [0.1, 0.15) is 0 Å². The molecular formula is C15H12ClN5O. The molecule has 110 valence electrons. The number of aromatic amines is 1. The van der Waals surface area contributed by atoms with Crippen LogP contribution in [0.15, 0.2) is 41.8 Å². The molecule has 1 amide bonds. The molecule has 3 aromatic rings. The Balaban J connectivity index is 0.00000144. The van der Waals surface area contributed by atoms with Crippen molar-refractivity contribution in [1.29, 1.82) is 0 Å². The molecular weight excluding hydrogens is 302 g/mol. The summed E-state index contributed by atoms with van der Waals surface area (Å²) in [6, 6.07) is 7.29. The Bertz CT molecular complexity index is 901. The molecule has 0 atom stereocenters. The fourth-order valence-corrected chi connectivity index (χ4v) is 2.65. The molecule has 0 saturated heterocycles. The van der Waals surface area contributed by atoms with E-state index in [1.54, 1.807) is 24.7 Å². The van der Waals surface area contributed by atoms with Gasteiger partial charge in [-0.2, -0.15) is 5.10 Å². The van der Waals surface area contributed by atoms with Crippen LogP contribution >= 0.6 is 12.4 Å². The average molecular weight is 314 g/mol. The highest BCUT2D eigenvalue weighted by Crippen LogP contribution is 2.33. The molecule has 1 aromatic carbocycles. The number of hydrazone groups is 1. The summed E-state index contributed by atoms with van der Waals surface area (Å²) in [4.78, 5) is 19.4. The van der Waals surface area contributed by atoms with Gasteiger partial charge >= 0.3 is 0 Å². The van der Waals surface area contributed by atoms with Crippen LogP contribution in [-0.4, -0.2) is 22.1 Å². The minimum absolute atomic E-state index is 0. The molecule has 0 radical (unpaired) electrons. The van der Waals surface area contributed by atoms with E-state index in [0.29, 0.717) is 11.3 Å². The lowest BCUT2D eigenvalue weighted by atomic mass is 10.0. The first-order valence-electron chi connectivity index (χ1n) is 6.43. The quantitative estimate of drug-likeness (QED) is 0.601. The predicted octanol–water partition coefficient (Wildman–Crippen LogP) is 2.31. The molecule has 3 heterocycles. The molecule has 0 spiro atoms. The van der Waals surface area contributed by atoms with Crippen molar-refractivity contribution in [1.82, 2.24) is 15.4 Å². The second kappa shape index (κ2) is 5.16. The Kier molecular flexibility index (Phi) is 3.30. The second-order valence-electron chi connectivity index (χ2n) is 4.84. The maximum absolute atomic E-state index is 12.1. The molecule has 4 N–H and O–H groups in total. The summed E-state index contributed by atoms with van der Waals surface area (Å²) in [5.74, 6) is -0.262. The number of nitrogens with zero attached hydrogens (tertiary/aromatic N) is 2. The number of halogens is 1. The first kappa shape index (κ1) is 14.1. The van der Waals surface area contributed by atoms with Crippen molar-refractivity contribution in [3.05, 3.63) is 47.8 Å². The maximum Gasteiger partial charge on any atom is 0.272 e. The molecule has 0 aliphatic carbocycles. The number of amides is 1. The van der Waals surface area contributed by atoms with Gasteiger partial charge in [0.25, 0.3) is 5.91 Å². The van der Waals surface area contributed by atoms with Crippen LogP contribution < -0.4 is 11.2 Å². The van der Waals surface area contributed by atoms with Gasteiger partial charge in [-0.1, -0.05) is 0 Å². The Morgan fingerprint density at radius 3 is 2.68 bits per heavy atom. The standard InChI is InChI=1S/C15H11N5O.ClH/c16-9-5-10-13-11(7-18-20-15(10)21)14(19-12(13)6-9)8-1-3-17-4-2-8;/h1-7,19H,16H2,(H,20,21);1H. The molecule has 1 aliphatic heterocycles. The highest BCUT2D eigenvalue weighted by atomic mass is 35.5. The van der Waals surface area contributed by atoms with E-state index in [2.05, 4.69) is 20.5 Å². The topological polar surface area (TPSA) is 96.2 Å². The molecule has 6 nitrogen and oxygen atoms in total. The number of nitrogens with one attached hydrogen (secondary N) is 2. The van der Waals surface area contributed by atoms with Crippen LogP contribution in [-0.2, 0) is 0 Å². The van der Waals surface area contributed by atoms with E-state index in [1.807, 2.05) is 18.2 Å². The zero-order chi connectivity index (χ0) is 14.4. The molecule has 0 fully saturated rings. The molecule has 7 heteroatoms. The highest BCUT2D eigenvalue weighted by molar-refractivity contribution is 6.17. The van der Waals surface area contributed by atoms with Gasteiger partial charge < -0.3 is 10.7 Å². The predicted molar refractivity (Wildman–Crippen MR) is 88.3 cm³/mol. The number of nitrogen functional groups attached to an aromatic ring is 1. The first-order chi connectivity index (χ1) is 10.2. The fraction of sp³-hybridized carbons (Fsp3) is 0. The SMILES string of the molecule is Cl.Nc1cc2c3c(c(-c4ccncc4)[nH]c3c1)C=NNC2=O. The van der Waals surface area contributed by atoms with E-state index < -0.39 is 0 Å². The van der Waals surface area contributed by atoms with Crippen LogP contribution in [0.1, 0.15) is 15.9 Å². The first-order valence-corrected chi connectivity index (χ1v) is 6.43. The van der Waals surface area contributed by atoms with Crippen LogP contribution in [0.4, 0.5) is 5.69 Å². The molecule has 0 bridgehead atoms. The van der Waals surface area contributed by atoms with Gasteiger partial charge in [0.2, 0.25) is 0 Å².